The van der Waals surface area contributed by atoms with Crippen molar-refractivity contribution in [1.82, 2.24) is 0 Å². The third kappa shape index (κ3) is 14.9. The molecule has 0 aliphatic heterocycles. The molecule has 7 nitrogen and oxygen atoms in total. The Balaban J connectivity index is -0.000000405. The SMILES string of the molecule is O=[PH]([O-])OS(=O)O[PH](=O)[O-].[Na+].[Na+]. The summed E-state index contributed by atoms with van der Waals surface area (Å²) in [5, 5.41) is 0. The molecule has 0 spiro atoms. The largest absolute Gasteiger partial charge is 1.00 e. The molecule has 0 saturated carbocycles. The van der Waals surface area contributed by atoms with Gasteiger partial charge in [0.15, 0.2) is 0 Å². The Hall–Kier alpha value is 2.45. The molecule has 0 saturated heterocycles. The first kappa shape index (κ1) is 19.9. The van der Waals surface area contributed by atoms with Gasteiger partial charge >= 0.3 is 70.5 Å². The Kier molecular flexibility index (Phi) is 19.1. The molecule has 12 heavy (non-hydrogen) atoms. The molecule has 0 N–H and O–H groups in total. The zero-order chi connectivity index (χ0) is 8.15. The maximum atomic E-state index is 9.98. The zero-order valence-electron chi connectivity index (χ0n) is 6.27. The monoisotopic (exact) mass is 254 g/mol. The van der Waals surface area contributed by atoms with Crippen molar-refractivity contribution in [3.63, 3.8) is 0 Å². The minimum atomic E-state index is -3.67. The fourth-order valence-corrected chi connectivity index (χ4v) is 1.46. The normalized spacial score (nSPS) is 16.5. The van der Waals surface area contributed by atoms with Gasteiger partial charge < -0.3 is 18.9 Å². The number of hydrogen-bond donors (Lipinski definition) is 0. The Labute approximate surface area is 117 Å². The predicted octanol–water partition coefficient (Wildman–Crippen LogP) is -7.89. The molecular weight excluding hydrogens is 252 g/mol. The molecule has 2 atom stereocenters. The average Bonchev–Trinajstić information content (AvgIpc) is 1.58. The minimum absolute atomic E-state index is 0. The molecule has 0 aromatic heterocycles. The first-order valence-electron chi connectivity index (χ1n) is 1.72. The van der Waals surface area contributed by atoms with E-state index in [1.165, 1.54) is 0 Å². The molecule has 12 heteroatoms. The van der Waals surface area contributed by atoms with Crippen molar-refractivity contribution in [3.8, 4) is 0 Å². The van der Waals surface area contributed by atoms with E-state index in [-0.39, 0.29) is 59.1 Å². The van der Waals surface area contributed by atoms with Crippen molar-refractivity contribution >= 4 is 27.9 Å². The van der Waals surface area contributed by atoms with Crippen molar-refractivity contribution in [3.05, 3.63) is 0 Å². The van der Waals surface area contributed by atoms with E-state index in [0.29, 0.717) is 0 Å². The zero-order valence-corrected chi connectivity index (χ0v) is 13.1. The predicted molar refractivity (Wildman–Crippen MR) is 28.3 cm³/mol. The molecule has 0 heterocycles. The standard InChI is InChI=1S/2Na.H4O7P2S/c;;1-8(2)6-10(5)7-9(3)4/h;;8-9H,(H,1,2)(H,3,4)/q2*+1;/p-2. The quantitative estimate of drug-likeness (QED) is 0.361. The summed E-state index contributed by atoms with van der Waals surface area (Å²) in [7, 11) is -7.33. The van der Waals surface area contributed by atoms with Crippen LogP contribution in [-0.2, 0) is 28.4 Å². The Morgan fingerprint density at radius 2 is 1.25 bits per heavy atom. The van der Waals surface area contributed by atoms with Crippen LogP contribution < -0.4 is 68.9 Å². The van der Waals surface area contributed by atoms with E-state index in [9.17, 15) is 23.1 Å². The van der Waals surface area contributed by atoms with Crippen LogP contribution >= 0.6 is 16.5 Å². The molecule has 0 bridgehead atoms. The van der Waals surface area contributed by atoms with Crippen LogP contribution in [0.2, 0.25) is 0 Å². The van der Waals surface area contributed by atoms with Crippen molar-refractivity contribution < 1.29 is 90.2 Å². The van der Waals surface area contributed by atoms with E-state index in [0.717, 1.165) is 0 Å². The number of rotatable bonds is 4. The second-order valence-electron chi connectivity index (χ2n) is 0.871. The molecule has 0 aliphatic carbocycles. The van der Waals surface area contributed by atoms with Crippen LogP contribution in [-0.4, -0.2) is 4.21 Å². The van der Waals surface area contributed by atoms with Crippen molar-refractivity contribution in [2.45, 2.75) is 0 Å². The molecule has 0 aliphatic rings. The summed E-state index contributed by atoms with van der Waals surface area (Å²) in [6, 6.07) is 0. The topological polar surface area (TPSA) is 116 Å². The molecule has 2 unspecified atom stereocenters. The fourth-order valence-electron chi connectivity index (χ4n) is 0.128. The van der Waals surface area contributed by atoms with Crippen LogP contribution in [0.5, 0.6) is 0 Å². The molecule has 62 valence electrons. The van der Waals surface area contributed by atoms with Gasteiger partial charge in [0.1, 0.15) is 16.5 Å². The van der Waals surface area contributed by atoms with E-state index in [1.54, 1.807) is 0 Å². The summed E-state index contributed by atoms with van der Waals surface area (Å²) >= 11 is -2.74. The van der Waals surface area contributed by atoms with Crippen molar-refractivity contribution in [2.75, 3.05) is 0 Å². The van der Waals surface area contributed by atoms with Crippen LogP contribution in [0, 0.1) is 0 Å². The van der Waals surface area contributed by atoms with Crippen LogP contribution in [0.1, 0.15) is 0 Å². The van der Waals surface area contributed by atoms with Crippen molar-refractivity contribution in [1.29, 1.82) is 0 Å². The second kappa shape index (κ2) is 11.5. The molecule has 0 aromatic rings. The fraction of sp³-hybridized carbons (Fsp3) is 0. The molecule has 0 fully saturated rings. The van der Waals surface area contributed by atoms with Gasteiger partial charge in [-0.15, -0.1) is 0 Å². The van der Waals surface area contributed by atoms with Gasteiger partial charge in [-0.05, 0) is 0 Å². The molecule has 0 amide bonds. The van der Waals surface area contributed by atoms with Gasteiger partial charge in [0.2, 0.25) is 0 Å². The average molecular weight is 254 g/mol. The Morgan fingerprint density at radius 1 is 1.00 bits per heavy atom. The molecule has 0 radical (unpaired) electrons. The van der Waals surface area contributed by atoms with Crippen LogP contribution in [0.15, 0.2) is 0 Å². The van der Waals surface area contributed by atoms with Gasteiger partial charge in [0.25, 0.3) is 0 Å². The first-order chi connectivity index (χ1) is 4.52. The van der Waals surface area contributed by atoms with Gasteiger partial charge in [-0.25, -0.2) is 7.94 Å². The third-order valence-electron chi connectivity index (χ3n) is 0.272. The summed E-state index contributed by atoms with van der Waals surface area (Å²) in [6.45, 7) is 0. The maximum absolute atomic E-state index is 9.98. The van der Waals surface area contributed by atoms with E-state index in [4.69, 9.17) is 0 Å². The van der Waals surface area contributed by atoms with Crippen LogP contribution in [0.3, 0.4) is 0 Å². The van der Waals surface area contributed by atoms with Gasteiger partial charge in [-0.1, -0.05) is 0 Å². The summed E-state index contributed by atoms with van der Waals surface area (Å²) in [4.78, 5) is 19.2. The molecular formula is H2Na2O7P2S. The summed E-state index contributed by atoms with van der Waals surface area (Å²) in [5.41, 5.74) is 0. The van der Waals surface area contributed by atoms with E-state index in [2.05, 4.69) is 7.94 Å². The Morgan fingerprint density at radius 3 is 1.42 bits per heavy atom. The Bertz CT molecular complexity index is 162. The van der Waals surface area contributed by atoms with Gasteiger partial charge in [0, 0.05) is 0 Å². The first-order valence-corrected chi connectivity index (χ1v) is 5.17. The minimum Gasteiger partial charge on any atom is -0.780 e. The van der Waals surface area contributed by atoms with Crippen LogP contribution in [0.4, 0.5) is 0 Å². The van der Waals surface area contributed by atoms with Gasteiger partial charge in [-0.3, -0.25) is 0 Å². The van der Waals surface area contributed by atoms with Crippen LogP contribution in [0.25, 0.3) is 0 Å². The van der Waals surface area contributed by atoms with Crippen molar-refractivity contribution in [2.24, 2.45) is 0 Å². The smallest absolute Gasteiger partial charge is 0.780 e. The summed E-state index contributed by atoms with van der Waals surface area (Å²) in [6.07, 6.45) is 0. The molecule has 0 rings (SSSR count). The van der Waals surface area contributed by atoms with E-state index >= 15 is 0 Å². The van der Waals surface area contributed by atoms with Gasteiger partial charge in [0.05, 0.1) is 0 Å². The van der Waals surface area contributed by atoms with E-state index in [1.807, 2.05) is 0 Å². The van der Waals surface area contributed by atoms with E-state index < -0.39 is 27.9 Å². The molecule has 0 aromatic carbocycles. The number of hydrogen-bond acceptors (Lipinski definition) is 7. The third-order valence-corrected chi connectivity index (χ3v) is 2.45. The van der Waals surface area contributed by atoms with Gasteiger partial charge in [-0.2, -0.15) is 4.21 Å². The summed E-state index contributed by atoms with van der Waals surface area (Å²) in [5.74, 6) is 0. The summed E-state index contributed by atoms with van der Waals surface area (Å²) < 4.78 is 36.0. The maximum Gasteiger partial charge on any atom is 1.00 e. The second-order valence-corrected chi connectivity index (χ2v) is 3.61.